The third-order valence-corrected chi connectivity index (χ3v) is 8.50. The van der Waals surface area contributed by atoms with Crippen LogP contribution in [0.4, 0.5) is 19.0 Å². The SMILES string of the molecule is CCCn1ccc(CN)cc1=O.O=C(O)[C@H]1CN(c2cnc3cncnc3n2)CCN1S(=O)(=O)c1ccc(OC(F)(F)F)cc1. The van der Waals surface area contributed by atoms with Crippen molar-refractivity contribution in [2.75, 3.05) is 24.5 Å². The van der Waals surface area contributed by atoms with Crippen LogP contribution < -0.4 is 20.9 Å². The minimum absolute atomic E-state index is 0.0415. The van der Waals surface area contributed by atoms with E-state index in [0.717, 1.165) is 47.1 Å². The highest BCUT2D eigenvalue weighted by molar-refractivity contribution is 7.89. The van der Waals surface area contributed by atoms with Crippen LogP contribution in [0.5, 0.6) is 5.75 Å². The molecule has 1 aromatic carbocycles. The number of rotatable bonds is 8. The normalized spacial score (nSPS) is 15.8. The van der Waals surface area contributed by atoms with Crippen molar-refractivity contribution in [3.8, 4) is 5.75 Å². The first kappa shape index (κ1) is 33.2. The number of carboxylic acid groups (broad SMARTS) is 1. The number of ether oxygens (including phenoxy) is 1. The molecular formula is C27H29F3N8O6S. The second kappa shape index (κ2) is 14.0. The van der Waals surface area contributed by atoms with E-state index in [4.69, 9.17) is 5.73 Å². The lowest BCUT2D eigenvalue weighted by Crippen LogP contribution is -2.58. The second-order valence-electron chi connectivity index (χ2n) is 9.67. The molecule has 0 radical (unpaired) electrons. The number of aliphatic carboxylic acids is 1. The highest BCUT2D eigenvalue weighted by Gasteiger charge is 2.41. The van der Waals surface area contributed by atoms with Gasteiger partial charge in [0.25, 0.3) is 5.56 Å². The maximum atomic E-state index is 13.1. The van der Waals surface area contributed by atoms with E-state index in [9.17, 15) is 36.3 Å². The van der Waals surface area contributed by atoms with E-state index in [0.29, 0.717) is 23.5 Å². The van der Waals surface area contributed by atoms with Gasteiger partial charge in [-0.15, -0.1) is 13.2 Å². The summed E-state index contributed by atoms with van der Waals surface area (Å²) in [5.41, 5.74) is 7.07. The molecule has 3 aromatic heterocycles. The highest BCUT2D eigenvalue weighted by atomic mass is 32.2. The Morgan fingerprint density at radius 1 is 1.13 bits per heavy atom. The molecule has 4 aromatic rings. The van der Waals surface area contributed by atoms with Crippen molar-refractivity contribution in [2.45, 2.75) is 43.7 Å². The molecule has 5 rings (SSSR count). The Bertz CT molecular complexity index is 1810. The van der Waals surface area contributed by atoms with E-state index < -0.39 is 34.1 Å². The number of anilines is 1. The molecule has 1 atom stereocenters. The number of aromatic nitrogens is 5. The minimum atomic E-state index is -4.93. The Morgan fingerprint density at radius 3 is 2.49 bits per heavy atom. The van der Waals surface area contributed by atoms with Crippen molar-refractivity contribution in [1.82, 2.24) is 28.8 Å². The third kappa shape index (κ3) is 8.28. The molecule has 0 aliphatic carbocycles. The summed E-state index contributed by atoms with van der Waals surface area (Å²) in [6.45, 7) is 2.93. The van der Waals surface area contributed by atoms with Crippen LogP contribution in [0.3, 0.4) is 0 Å². The number of alkyl halides is 3. The van der Waals surface area contributed by atoms with Gasteiger partial charge in [0, 0.05) is 45.0 Å². The first-order valence-corrected chi connectivity index (χ1v) is 14.9. The average Bonchev–Trinajstić information content (AvgIpc) is 3.01. The van der Waals surface area contributed by atoms with Gasteiger partial charge in [-0.05, 0) is 42.3 Å². The largest absolute Gasteiger partial charge is 0.573 e. The van der Waals surface area contributed by atoms with Crippen LogP contribution in [-0.4, -0.2) is 80.3 Å². The van der Waals surface area contributed by atoms with Gasteiger partial charge in [0.15, 0.2) is 5.65 Å². The first-order valence-electron chi connectivity index (χ1n) is 13.5. The molecule has 0 saturated carbocycles. The predicted octanol–water partition coefficient (Wildman–Crippen LogP) is 2.00. The lowest BCUT2D eigenvalue weighted by atomic mass is 10.2. The Balaban J connectivity index is 0.000000323. The molecule has 4 heterocycles. The summed E-state index contributed by atoms with van der Waals surface area (Å²) in [6, 6.07) is 5.55. The zero-order chi connectivity index (χ0) is 32.8. The van der Waals surface area contributed by atoms with Crippen LogP contribution in [0.1, 0.15) is 18.9 Å². The predicted molar refractivity (Wildman–Crippen MR) is 155 cm³/mol. The maximum Gasteiger partial charge on any atom is 0.573 e. The molecule has 1 aliphatic rings. The molecular weight excluding hydrogens is 621 g/mol. The molecule has 0 bridgehead atoms. The highest BCUT2D eigenvalue weighted by Crippen LogP contribution is 2.28. The number of carbonyl (C=O) groups is 1. The summed E-state index contributed by atoms with van der Waals surface area (Å²) in [7, 11) is -4.32. The smallest absolute Gasteiger partial charge is 0.480 e. The maximum absolute atomic E-state index is 13.1. The summed E-state index contributed by atoms with van der Waals surface area (Å²) in [6.07, 6.45) is 2.01. The van der Waals surface area contributed by atoms with Crippen molar-refractivity contribution in [2.24, 2.45) is 5.73 Å². The van der Waals surface area contributed by atoms with Gasteiger partial charge in [0.2, 0.25) is 10.0 Å². The number of hydrogen-bond donors (Lipinski definition) is 2. The Hall–Kier alpha value is -4.68. The quantitative estimate of drug-likeness (QED) is 0.283. The lowest BCUT2D eigenvalue weighted by molar-refractivity contribution is -0.274. The molecule has 1 fully saturated rings. The van der Waals surface area contributed by atoms with Gasteiger partial charge in [-0.1, -0.05) is 6.92 Å². The van der Waals surface area contributed by atoms with Crippen molar-refractivity contribution >= 4 is 33.0 Å². The molecule has 18 heteroatoms. The number of nitrogens with zero attached hydrogens (tertiary/aromatic N) is 7. The second-order valence-corrected chi connectivity index (χ2v) is 11.6. The number of benzene rings is 1. The standard InChI is InChI=1S/C18H15F3N6O5S.C9H14N2O/c19-18(20,21)32-11-1-3-12(4-2-11)33(30,31)27-6-5-26(9-14(27)17(28)29)15-8-23-13-7-22-10-24-16(13)25-15;1-2-4-11-5-3-8(7-10)6-9(11)12/h1-4,7-8,10,14H,5-6,9H2,(H,28,29);3,5-6H,2,4,7,10H2,1H3/t14-;/m1./s1. The van der Waals surface area contributed by atoms with Crippen LogP contribution in [0.2, 0.25) is 0 Å². The van der Waals surface area contributed by atoms with E-state index in [1.807, 2.05) is 13.0 Å². The van der Waals surface area contributed by atoms with E-state index in [1.165, 1.54) is 18.7 Å². The Labute approximate surface area is 255 Å². The van der Waals surface area contributed by atoms with Gasteiger partial charge in [0.05, 0.1) is 17.3 Å². The molecule has 45 heavy (non-hydrogen) atoms. The molecule has 0 amide bonds. The van der Waals surface area contributed by atoms with Gasteiger partial charge in [-0.25, -0.2) is 28.4 Å². The number of sulfonamides is 1. The Morgan fingerprint density at radius 2 is 1.87 bits per heavy atom. The third-order valence-electron chi connectivity index (χ3n) is 6.58. The fourth-order valence-corrected chi connectivity index (χ4v) is 5.99. The molecule has 240 valence electrons. The van der Waals surface area contributed by atoms with Gasteiger partial charge in [-0.3, -0.25) is 9.59 Å². The van der Waals surface area contributed by atoms with Crippen LogP contribution in [-0.2, 0) is 27.9 Å². The van der Waals surface area contributed by atoms with E-state index in [2.05, 4.69) is 24.7 Å². The number of hydrogen-bond acceptors (Lipinski definition) is 11. The van der Waals surface area contributed by atoms with Crippen molar-refractivity contribution in [1.29, 1.82) is 0 Å². The fourth-order valence-electron chi connectivity index (χ4n) is 4.42. The first-order chi connectivity index (χ1) is 21.3. The number of piperazine rings is 1. The molecule has 1 aliphatic heterocycles. The monoisotopic (exact) mass is 650 g/mol. The summed E-state index contributed by atoms with van der Waals surface area (Å²) in [5, 5.41) is 9.69. The number of pyridine rings is 1. The number of fused-ring (bicyclic) bond motifs is 1. The summed E-state index contributed by atoms with van der Waals surface area (Å²) in [5.74, 6) is -1.67. The van der Waals surface area contributed by atoms with Gasteiger partial charge >= 0.3 is 12.3 Å². The topological polar surface area (TPSA) is 187 Å². The average molecular weight is 651 g/mol. The minimum Gasteiger partial charge on any atom is -0.480 e. The molecule has 14 nitrogen and oxygen atoms in total. The van der Waals surface area contributed by atoms with Crippen LogP contribution in [0, 0.1) is 0 Å². The summed E-state index contributed by atoms with van der Waals surface area (Å²) in [4.78, 5) is 40.7. The van der Waals surface area contributed by atoms with E-state index in [-0.39, 0.29) is 30.1 Å². The van der Waals surface area contributed by atoms with E-state index in [1.54, 1.807) is 21.7 Å². The summed E-state index contributed by atoms with van der Waals surface area (Å²) >= 11 is 0. The van der Waals surface area contributed by atoms with Crippen LogP contribution in [0.25, 0.3) is 11.2 Å². The number of nitrogens with two attached hydrogens (primary N) is 1. The number of halogens is 3. The molecule has 0 spiro atoms. The molecule has 0 unspecified atom stereocenters. The van der Waals surface area contributed by atoms with Gasteiger partial charge < -0.3 is 25.0 Å². The van der Waals surface area contributed by atoms with E-state index >= 15 is 0 Å². The lowest BCUT2D eigenvalue weighted by Gasteiger charge is -2.38. The zero-order valence-electron chi connectivity index (χ0n) is 23.8. The van der Waals surface area contributed by atoms with Crippen molar-refractivity contribution in [3.05, 3.63) is 77.2 Å². The Kier molecular flexibility index (Phi) is 10.3. The van der Waals surface area contributed by atoms with Crippen LogP contribution in [0.15, 0.2) is 71.0 Å². The number of aryl methyl sites for hydroxylation is 1. The zero-order valence-corrected chi connectivity index (χ0v) is 24.6. The molecule has 3 N–H and O–H groups in total. The summed E-state index contributed by atoms with van der Waals surface area (Å²) < 4.78 is 69.3. The van der Waals surface area contributed by atoms with Crippen molar-refractivity contribution in [3.63, 3.8) is 0 Å². The number of carboxylic acids is 1. The van der Waals surface area contributed by atoms with Gasteiger partial charge in [-0.2, -0.15) is 4.31 Å². The molecule has 1 saturated heterocycles. The van der Waals surface area contributed by atoms with Crippen LogP contribution >= 0.6 is 0 Å². The van der Waals surface area contributed by atoms with Crippen molar-refractivity contribution < 1.29 is 36.2 Å². The fraction of sp³-hybridized carbons (Fsp3) is 0.333. The van der Waals surface area contributed by atoms with Gasteiger partial charge in [0.1, 0.15) is 29.5 Å².